The largest absolute Gasteiger partial charge is 0.341 e. The van der Waals surface area contributed by atoms with Gasteiger partial charge in [0.05, 0.1) is 18.1 Å². The highest BCUT2D eigenvalue weighted by Crippen LogP contribution is 2.18. The average Bonchev–Trinajstić information content (AvgIpc) is 3.10. The lowest BCUT2D eigenvalue weighted by Crippen LogP contribution is -2.20. The quantitative estimate of drug-likeness (QED) is 0.879. The summed E-state index contributed by atoms with van der Waals surface area (Å²) in [6.07, 6.45) is 7.71. The Morgan fingerprint density at radius 1 is 1.14 bits per heavy atom. The number of nitrogens with one attached hydrogen (secondary N) is 1. The van der Waals surface area contributed by atoms with Crippen LogP contribution in [-0.2, 0) is 0 Å². The predicted octanol–water partition coefficient (Wildman–Crippen LogP) is 3.05. The molecule has 0 saturated carbocycles. The van der Waals surface area contributed by atoms with E-state index >= 15 is 0 Å². The Balaban J connectivity index is 1.65. The van der Waals surface area contributed by atoms with Crippen LogP contribution >= 0.6 is 11.8 Å². The summed E-state index contributed by atoms with van der Waals surface area (Å²) in [5, 5.41) is 2.82. The van der Waals surface area contributed by atoms with Crippen molar-refractivity contribution in [3.8, 4) is 0 Å². The second kappa shape index (κ2) is 6.79. The van der Waals surface area contributed by atoms with Crippen LogP contribution in [0.1, 0.15) is 23.2 Å². The standard InChI is InChI=1S/C16H18N4OS/c1-22-14-6-4-12(5-7-14)15(21)19-13-10-17-16(18-11-13)20-8-2-3-9-20/h4-7,10-11H,2-3,8-9H2,1H3,(H,19,21). The molecule has 3 rings (SSSR count). The van der Waals surface area contributed by atoms with Crippen molar-refractivity contribution in [2.75, 3.05) is 29.6 Å². The highest BCUT2D eigenvalue weighted by atomic mass is 32.2. The van der Waals surface area contributed by atoms with Crippen molar-refractivity contribution in [3.63, 3.8) is 0 Å². The maximum absolute atomic E-state index is 12.2. The summed E-state index contributed by atoms with van der Waals surface area (Å²) in [5.74, 6) is 0.588. The zero-order chi connectivity index (χ0) is 15.4. The van der Waals surface area contributed by atoms with Crippen molar-refractivity contribution in [1.82, 2.24) is 9.97 Å². The van der Waals surface area contributed by atoms with Crippen LogP contribution in [0.5, 0.6) is 0 Å². The first-order chi connectivity index (χ1) is 10.8. The van der Waals surface area contributed by atoms with Crippen LogP contribution < -0.4 is 10.2 Å². The van der Waals surface area contributed by atoms with Gasteiger partial charge in [-0.15, -0.1) is 11.8 Å². The number of hydrogen-bond donors (Lipinski definition) is 1. The summed E-state index contributed by atoms with van der Waals surface area (Å²) in [4.78, 5) is 24.1. The predicted molar refractivity (Wildman–Crippen MR) is 89.7 cm³/mol. The van der Waals surface area contributed by atoms with Crippen molar-refractivity contribution in [2.24, 2.45) is 0 Å². The van der Waals surface area contributed by atoms with E-state index in [0.29, 0.717) is 11.3 Å². The van der Waals surface area contributed by atoms with Crippen LogP contribution in [0.25, 0.3) is 0 Å². The highest BCUT2D eigenvalue weighted by Gasteiger charge is 2.14. The van der Waals surface area contributed by atoms with Gasteiger partial charge in [-0.3, -0.25) is 4.79 Å². The van der Waals surface area contributed by atoms with Crippen molar-refractivity contribution in [2.45, 2.75) is 17.7 Å². The van der Waals surface area contributed by atoms with E-state index in [1.54, 1.807) is 24.2 Å². The number of thioether (sulfide) groups is 1. The van der Waals surface area contributed by atoms with Crippen molar-refractivity contribution in [1.29, 1.82) is 0 Å². The number of aromatic nitrogens is 2. The molecule has 0 bridgehead atoms. The van der Waals surface area contributed by atoms with E-state index in [2.05, 4.69) is 20.2 Å². The van der Waals surface area contributed by atoms with Crippen LogP contribution in [0, 0.1) is 0 Å². The van der Waals surface area contributed by atoms with E-state index in [1.165, 1.54) is 12.8 Å². The smallest absolute Gasteiger partial charge is 0.255 e. The van der Waals surface area contributed by atoms with Gasteiger partial charge in [-0.2, -0.15) is 0 Å². The molecule has 0 spiro atoms. The summed E-state index contributed by atoms with van der Waals surface area (Å²) >= 11 is 1.65. The van der Waals surface area contributed by atoms with Gasteiger partial charge in [0.15, 0.2) is 0 Å². The minimum absolute atomic E-state index is 0.148. The fraction of sp³-hybridized carbons (Fsp3) is 0.312. The molecule has 1 aromatic carbocycles. The van der Waals surface area contributed by atoms with E-state index in [9.17, 15) is 4.79 Å². The third kappa shape index (κ3) is 3.39. The molecule has 0 atom stereocenters. The molecule has 1 fully saturated rings. The first-order valence-corrected chi connectivity index (χ1v) is 8.51. The first kappa shape index (κ1) is 14.8. The second-order valence-electron chi connectivity index (χ2n) is 5.15. The first-order valence-electron chi connectivity index (χ1n) is 7.28. The molecule has 1 N–H and O–H groups in total. The minimum Gasteiger partial charge on any atom is -0.341 e. The molecule has 6 heteroatoms. The van der Waals surface area contributed by atoms with Gasteiger partial charge < -0.3 is 10.2 Å². The van der Waals surface area contributed by atoms with Gasteiger partial charge >= 0.3 is 0 Å². The summed E-state index contributed by atoms with van der Waals surface area (Å²) < 4.78 is 0. The molecule has 0 radical (unpaired) electrons. The Morgan fingerprint density at radius 3 is 2.36 bits per heavy atom. The normalized spacial score (nSPS) is 14.1. The van der Waals surface area contributed by atoms with Crippen LogP contribution in [0.15, 0.2) is 41.6 Å². The van der Waals surface area contributed by atoms with Crippen LogP contribution in [0.2, 0.25) is 0 Å². The number of carbonyl (C=O) groups is 1. The Labute approximate surface area is 134 Å². The molecule has 0 aliphatic carbocycles. The van der Waals surface area contributed by atoms with Crippen molar-refractivity contribution >= 4 is 29.3 Å². The van der Waals surface area contributed by atoms with E-state index in [1.807, 2.05) is 30.5 Å². The number of carbonyl (C=O) groups excluding carboxylic acids is 1. The van der Waals surface area contributed by atoms with Crippen molar-refractivity contribution < 1.29 is 4.79 Å². The fourth-order valence-electron chi connectivity index (χ4n) is 2.41. The topological polar surface area (TPSA) is 58.1 Å². The lowest BCUT2D eigenvalue weighted by Gasteiger charge is -2.14. The third-order valence-electron chi connectivity index (χ3n) is 3.64. The van der Waals surface area contributed by atoms with Gasteiger partial charge in [0.25, 0.3) is 5.91 Å². The molecule has 2 heterocycles. The lowest BCUT2D eigenvalue weighted by molar-refractivity contribution is 0.102. The Hall–Kier alpha value is -2.08. The number of benzene rings is 1. The van der Waals surface area contributed by atoms with Gasteiger partial charge in [-0.1, -0.05) is 0 Å². The average molecular weight is 314 g/mol. The molecule has 1 amide bonds. The van der Waals surface area contributed by atoms with E-state index in [0.717, 1.165) is 23.9 Å². The molecule has 114 valence electrons. The Kier molecular flexibility index (Phi) is 4.58. The molecule has 5 nitrogen and oxygen atoms in total. The lowest BCUT2D eigenvalue weighted by atomic mass is 10.2. The number of rotatable bonds is 4. The number of nitrogens with zero attached hydrogens (tertiary/aromatic N) is 3. The summed E-state index contributed by atoms with van der Waals surface area (Å²) in [6.45, 7) is 2.01. The SMILES string of the molecule is CSc1ccc(C(=O)Nc2cnc(N3CCCC3)nc2)cc1. The van der Waals surface area contributed by atoms with Crippen LogP contribution in [0.4, 0.5) is 11.6 Å². The molecule has 2 aromatic rings. The summed E-state index contributed by atoms with van der Waals surface area (Å²) in [6, 6.07) is 7.51. The minimum atomic E-state index is -0.148. The maximum Gasteiger partial charge on any atom is 0.255 e. The summed E-state index contributed by atoms with van der Waals surface area (Å²) in [7, 11) is 0. The van der Waals surface area contributed by atoms with Gasteiger partial charge in [-0.25, -0.2) is 9.97 Å². The Bertz CT molecular complexity index is 636. The van der Waals surface area contributed by atoms with Crippen LogP contribution in [0.3, 0.4) is 0 Å². The van der Waals surface area contributed by atoms with Gasteiger partial charge in [-0.05, 0) is 43.4 Å². The molecule has 0 unspecified atom stereocenters. The molecule has 1 aliphatic rings. The maximum atomic E-state index is 12.2. The van der Waals surface area contributed by atoms with E-state index in [4.69, 9.17) is 0 Å². The van der Waals surface area contributed by atoms with Gasteiger partial charge in [0.2, 0.25) is 5.95 Å². The molecule has 1 aromatic heterocycles. The monoisotopic (exact) mass is 314 g/mol. The molecule has 1 aliphatic heterocycles. The summed E-state index contributed by atoms with van der Waals surface area (Å²) in [5.41, 5.74) is 1.24. The van der Waals surface area contributed by atoms with Crippen LogP contribution in [-0.4, -0.2) is 35.2 Å². The third-order valence-corrected chi connectivity index (χ3v) is 4.38. The highest BCUT2D eigenvalue weighted by molar-refractivity contribution is 7.98. The van der Waals surface area contributed by atoms with Crippen molar-refractivity contribution in [3.05, 3.63) is 42.2 Å². The fourth-order valence-corrected chi connectivity index (χ4v) is 2.82. The molecule has 1 saturated heterocycles. The molecular weight excluding hydrogens is 296 g/mol. The number of hydrogen-bond acceptors (Lipinski definition) is 5. The number of amides is 1. The van der Waals surface area contributed by atoms with Gasteiger partial charge in [0.1, 0.15) is 0 Å². The van der Waals surface area contributed by atoms with Gasteiger partial charge in [0, 0.05) is 23.5 Å². The second-order valence-corrected chi connectivity index (χ2v) is 6.03. The number of anilines is 2. The molecular formula is C16H18N4OS. The zero-order valence-corrected chi connectivity index (χ0v) is 13.3. The Morgan fingerprint density at radius 2 is 1.77 bits per heavy atom. The molecule has 22 heavy (non-hydrogen) atoms. The van der Waals surface area contributed by atoms with E-state index in [-0.39, 0.29) is 5.91 Å². The zero-order valence-electron chi connectivity index (χ0n) is 12.5. The van der Waals surface area contributed by atoms with E-state index < -0.39 is 0 Å².